The normalized spacial score (nSPS) is 12.0. The summed E-state index contributed by atoms with van der Waals surface area (Å²) in [6.07, 6.45) is 3.40. The molecule has 0 aliphatic carbocycles. The van der Waals surface area contributed by atoms with Crippen molar-refractivity contribution in [3.63, 3.8) is 0 Å². The molecule has 0 radical (unpaired) electrons. The van der Waals surface area contributed by atoms with Crippen LogP contribution in [-0.2, 0) is 9.59 Å². The lowest BCUT2D eigenvalue weighted by Gasteiger charge is -2.21. The number of rotatable bonds is 6. The van der Waals surface area contributed by atoms with Crippen LogP contribution in [0.4, 0.5) is 5.69 Å². The van der Waals surface area contributed by atoms with Crippen molar-refractivity contribution in [2.75, 3.05) is 5.32 Å². The molecule has 2 aromatic heterocycles. The number of Topliss-reactive ketones (excluding diaryl/α,β-unsaturated/α-hetero) is 1. The molecule has 0 saturated carbocycles. The predicted molar refractivity (Wildman–Crippen MR) is 104 cm³/mol. The minimum absolute atomic E-state index is 0.144. The standard InChI is InChI=1S/C21H23N3O3/c1-13-7-5-8-17(23-19(26)11-15(3)25)20(13)16(4)27-18-9-6-10-24-12-14(2)22-21(18)24/h5-10,12,16H,11H2,1-4H3,(H,23,26). The average Bonchev–Trinajstić information content (AvgIpc) is 2.95. The Morgan fingerprint density at radius 3 is 2.74 bits per heavy atom. The number of fused-ring (bicyclic) bond motifs is 1. The van der Waals surface area contributed by atoms with E-state index in [4.69, 9.17) is 4.74 Å². The van der Waals surface area contributed by atoms with Gasteiger partial charge in [0.2, 0.25) is 5.91 Å². The number of nitrogens with one attached hydrogen (secondary N) is 1. The number of carbonyl (C=O) groups excluding carboxylic acids is 2. The highest BCUT2D eigenvalue weighted by Gasteiger charge is 2.18. The molecular weight excluding hydrogens is 342 g/mol. The molecule has 3 rings (SSSR count). The fourth-order valence-electron chi connectivity index (χ4n) is 3.20. The van der Waals surface area contributed by atoms with E-state index in [9.17, 15) is 9.59 Å². The van der Waals surface area contributed by atoms with E-state index in [-0.39, 0.29) is 24.2 Å². The van der Waals surface area contributed by atoms with Gasteiger partial charge in [0.05, 0.1) is 12.1 Å². The maximum atomic E-state index is 12.1. The number of carbonyl (C=O) groups is 2. The van der Waals surface area contributed by atoms with Crippen molar-refractivity contribution in [2.45, 2.75) is 40.2 Å². The summed E-state index contributed by atoms with van der Waals surface area (Å²) in [7, 11) is 0. The molecule has 1 N–H and O–H groups in total. The van der Waals surface area contributed by atoms with Crippen LogP contribution in [0.1, 0.15) is 43.2 Å². The molecule has 3 aromatic rings. The highest BCUT2D eigenvalue weighted by atomic mass is 16.5. The number of pyridine rings is 1. The van der Waals surface area contributed by atoms with E-state index in [2.05, 4.69) is 10.3 Å². The van der Waals surface area contributed by atoms with Crippen LogP contribution >= 0.6 is 0 Å². The van der Waals surface area contributed by atoms with Crippen molar-refractivity contribution < 1.29 is 14.3 Å². The first-order chi connectivity index (χ1) is 12.8. The first-order valence-electron chi connectivity index (χ1n) is 8.85. The van der Waals surface area contributed by atoms with Crippen LogP contribution in [0.15, 0.2) is 42.7 Å². The highest BCUT2D eigenvalue weighted by molar-refractivity contribution is 6.03. The van der Waals surface area contributed by atoms with E-state index in [1.54, 1.807) is 0 Å². The number of amides is 1. The molecule has 140 valence electrons. The van der Waals surface area contributed by atoms with Crippen molar-refractivity contribution in [2.24, 2.45) is 0 Å². The van der Waals surface area contributed by atoms with Crippen LogP contribution in [-0.4, -0.2) is 21.1 Å². The van der Waals surface area contributed by atoms with Gasteiger partial charge in [-0.3, -0.25) is 9.59 Å². The van der Waals surface area contributed by atoms with E-state index in [0.29, 0.717) is 11.4 Å². The van der Waals surface area contributed by atoms with Gasteiger partial charge in [-0.05, 0) is 51.5 Å². The van der Waals surface area contributed by atoms with Gasteiger partial charge in [0.25, 0.3) is 0 Å². The predicted octanol–water partition coefficient (Wildman–Crippen LogP) is 4.01. The minimum Gasteiger partial charge on any atom is -0.482 e. The molecule has 1 amide bonds. The summed E-state index contributed by atoms with van der Waals surface area (Å²) in [6, 6.07) is 9.44. The molecule has 27 heavy (non-hydrogen) atoms. The minimum atomic E-state index is -0.326. The van der Waals surface area contributed by atoms with Crippen molar-refractivity contribution >= 4 is 23.0 Å². The van der Waals surface area contributed by atoms with Gasteiger partial charge in [-0.2, -0.15) is 0 Å². The number of ketones is 1. The molecule has 0 aliphatic rings. The van der Waals surface area contributed by atoms with Crippen molar-refractivity contribution in [3.05, 3.63) is 59.5 Å². The Balaban J connectivity index is 1.90. The number of hydrogen-bond acceptors (Lipinski definition) is 4. The molecule has 0 saturated heterocycles. The summed E-state index contributed by atoms with van der Waals surface area (Å²) >= 11 is 0. The van der Waals surface area contributed by atoms with Crippen LogP contribution in [0.25, 0.3) is 5.65 Å². The molecule has 1 unspecified atom stereocenters. The molecule has 1 aromatic carbocycles. The fraction of sp³-hybridized carbons (Fsp3) is 0.286. The maximum Gasteiger partial charge on any atom is 0.231 e. The monoisotopic (exact) mass is 365 g/mol. The zero-order valence-corrected chi connectivity index (χ0v) is 15.9. The van der Waals surface area contributed by atoms with Crippen molar-refractivity contribution in [1.82, 2.24) is 9.38 Å². The van der Waals surface area contributed by atoms with Crippen LogP contribution in [0.3, 0.4) is 0 Å². The molecule has 0 aliphatic heterocycles. The summed E-state index contributed by atoms with van der Waals surface area (Å²) < 4.78 is 8.13. The Bertz CT molecular complexity index is 1010. The molecule has 2 heterocycles. The SMILES string of the molecule is CC(=O)CC(=O)Nc1cccc(C)c1C(C)Oc1cccn2cc(C)nc12. The molecule has 0 spiro atoms. The number of aryl methyl sites for hydroxylation is 2. The molecule has 6 nitrogen and oxygen atoms in total. The smallest absolute Gasteiger partial charge is 0.231 e. The second kappa shape index (κ2) is 7.61. The van der Waals surface area contributed by atoms with E-state index in [0.717, 1.165) is 22.5 Å². The van der Waals surface area contributed by atoms with Crippen LogP contribution < -0.4 is 10.1 Å². The molecule has 0 bridgehead atoms. The Labute approximate surface area is 158 Å². The quantitative estimate of drug-likeness (QED) is 0.670. The second-order valence-corrected chi connectivity index (χ2v) is 6.71. The topological polar surface area (TPSA) is 72.7 Å². The zero-order valence-electron chi connectivity index (χ0n) is 15.9. The maximum absolute atomic E-state index is 12.1. The summed E-state index contributed by atoms with van der Waals surface area (Å²) in [6.45, 7) is 7.23. The third kappa shape index (κ3) is 4.16. The zero-order chi connectivity index (χ0) is 19.6. The number of ether oxygens (including phenoxy) is 1. The first kappa shape index (κ1) is 18.6. The summed E-state index contributed by atoms with van der Waals surface area (Å²) in [5, 5.41) is 2.83. The number of nitrogens with zero attached hydrogens (tertiary/aromatic N) is 2. The number of anilines is 1. The van der Waals surface area contributed by atoms with Gasteiger partial charge in [-0.15, -0.1) is 0 Å². The van der Waals surface area contributed by atoms with Crippen LogP contribution in [0, 0.1) is 13.8 Å². The van der Waals surface area contributed by atoms with Crippen molar-refractivity contribution in [1.29, 1.82) is 0 Å². The molecular formula is C21H23N3O3. The number of aromatic nitrogens is 2. The largest absolute Gasteiger partial charge is 0.482 e. The van der Waals surface area contributed by atoms with Crippen LogP contribution in [0.2, 0.25) is 0 Å². The lowest BCUT2D eigenvalue weighted by molar-refractivity contribution is -0.124. The Morgan fingerprint density at radius 2 is 2.00 bits per heavy atom. The second-order valence-electron chi connectivity index (χ2n) is 6.71. The molecule has 0 fully saturated rings. The number of hydrogen-bond donors (Lipinski definition) is 1. The van der Waals surface area contributed by atoms with Gasteiger partial charge in [0.15, 0.2) is 11.4 Å². The number of benzene rings is 1. The average molecular weight is 365 g/mol. The van der Waals surface area contributed by atoms with Gasteiger partial charge >= 0.3 is 0 Å². The lowest BCUT2D eigenvalue weighted by Crippen LogP contribution is -2.18. The summed E-state index contributed by atoms with van der Waals surface area (Å²) in [5.41, 5.74) is 4.18. The summed E-state index contributed by atoms with van der Waals surface area (Å²) in [5.74, 6) is 0.169. The van der Waals surface area contributed by atoms with Gasteiger partial charge in [0.1, 0.15) is 11.9 Å². The third-order valence-electron chi connectivity index (χ3n) is 4.29. The Kier molecular flexibility index (Phi) is 5.26. The van der Waals surface area contributed by atoms with Gasteiger partial charge in [-0.25, -0.2) is 4.98 Å². The highest BCUT2D eigenvalue weighted by Crippen LogP contribution is 2.32. The van der Waals surface area contributed by atoms with E-state index in [1.807, 2.05) is 67.9 Å². The summed E-state index contributed by atoms with van der Waals surface area (Å²) in [4.78, 5) is 27.8. The van der Waals surface area contributed by atoms with Crippen LogP contribution in [0.5, 0.6) is 5.75 Å². The Morgan fingerprint density at radius 1 is 1.22 bits per heavy atom. The van der Waals surface area contributed by atoms with Gasteiger partial charge < -0.3 is 14.5 Å². The first-order valence-corrected chi connectivity index (χ1v) is 8.85. The van der Waals surface area contributed by atoms with E-state index >= 15 is 0 Å². The molecule has 6 heteroatoms. The Hall–Kier alpha value is -3.15. The fourth-order valence-corrected chi connectivity index (χ4v) is 3.20. The van der Waals surface area contributed by atoms with Gasteiger partial charge in [0, 0.05) is 23.6 Å². The van der Waals surface area contributed by atoms with E-state index < -0.39 is 0 Å². The molecule has 1 atom stereocenters. The third-order valence-corrected chi connectivity index (χ3v) is 4.29. The van der Waals surface area contributed by atoms with Gasteiger partial charge in [-0.1, -0.05) is 12.1 Å². The number of imidazole rings is 1. The lowest BCUT2D eigenvalue weighted by atomic mass is 10.0. The van der Waals surface area contributed by atoms with E-state index in [1.165, 1.54) is 6.92 Å². The van der Waals surface area contributed by atoms with Crippen molar-refractivity contribution in [3.8, 4) is 5.75 Å².